The van der Waals surface area contributed by atoms with E-state index < -0.39 is 5.54 Å². The van der Waals surface area contributed by atoms with Crippen LogP contribution in [0.3, 0.4) is 0 Å². The number of rotatable bonds is 12. The smallest absolute Gasteiger partial charge is 0.332 e. The van der Waals surface area contributed by atoms with Crippen LogP contribution in [0.4, 0.5) is 0 Å². The predicted molar refractivity (Wildman–Crippen MR) is 114 cm³/mol. The molecule has 0 aliphatic carbocycles. The number of benzene rings is 1. The number of likely N-dealkylation sites (N-methyl/N-ethyl adjacent to an activating group) is 1. The van der Waals surface area contributed by atoms with E-state index in [9.17, 15) is 9.59 Å². The van der Waals surface area contributed by atoms with E-state index in [0.717, 1.165) is 30.6 Å². The molecule has 0 aliphatic heterocycles. The Hall–Kier alpha value is -1.75. The average Bonchev–Trinajstić information content (AvgIpc) is 2.70. The zero-order valence-electron chi connectivity index (χ0n) is 17.1. The number of hydrogen-bond donors (Lipinski definition) is 0. The molecule has 0 heterocycles. The molecule has 1 atom stereocenters. The fourth-order valence-corrected chi connectivity index (χ4v) is 3.62. The summed E-state index contributed by atoms with van der Waals surface area (Å²) in [5.74, 6) is 0.350. The highest BCUT2D eigenvalue weighted by Gasteiger charge is 2.45. The molecule has 0 spiro atoms. The Bertz CT molecular complexity index is 603. The number of nitrogens with zero attached hydrogens (tertiary/aromatic N) is 1. The number of hydrogen-bond acceptors (Lipinski definition) is 4. The first-order chi connectivity index (χ1) is 13.0. The Morgan fingerprint density at radius 3 is 2.52 bits per heavy atom. The molecule has 1 rings (SSSR count). The van der Waals surface area contributed by atoms with E-state index in [0.29, 0.717) is 19.3 Å². The van der Waals surface area contributed by atoms with E-state index >= 15 is 0 Å². The van der Waals surface area contributed by atoms with Crippen molar-refractivity contribution in [3.63, 3.8) is 0 Å². The second-order valence-electron chi connectivity index (χ2n) is 6.70. The molecule has 5 heteroatoms. The van der Waals surface area contributed by atoms with E-state index in [-0.39, 0.29) is 11.9 Å². The highest BCUT2D eigenvalue weighted by Crippen LogP contribution is 2.28. The fourth-order valence-electron chi connectivity index (χ4n) is 3.08. The molecule has 1 aromatic carbocycles. The summed E-state index contributed by atoms with van der Waals surface area (Å²) in [7, 11) is 3.12. The second kappa shape index (κ2) is 12.6. The average molecular weight is 392 g/mol. The van der Waals surface area contributed by atoms with Gasteiger partial charge in [-0.2, -0.15) is 11.8 Å². The molecule has 0 N–H and O–H groups in total. The molecule has 0 aliphatic rings. The molecular weight excluding hydrogens is 358 g/mol. The monoisotopic (exact) mass is 391 g/mol. The number of esters is 1. The second-order valence-corrected chi connectivity index (χ2v) is 7.68. The lowest BCUT2D eigenvalue weighted by molar-refractivity contribution is -0.160. The molecule has 0 bridgehead atoms. The quantitative estimate of drug-likeness (QED) is 0.299. The van der Waals surface area contributed by atoms with Gasteiger partial charge in [0.2, 0.25) is 5.91 Å². The molecule has 27 heavy (non-hydrogen) atoms. The van der Waals surface area contributed by atoms with Crippen molar-refractivity contribution in [2.75, 3.05) is 26.2 Å². The van der Waals surface area contributed by atoms with Crippen molar-refractivity contribution in [2.24, 2.45) is 0 Å². The van der Waals surface area contributed by atoms with Crippen LogP contribution in [0.5, 0.6) is 0 Å². The molecule has 0 aromatic heterocycles. The van der Waals surface area contributed by atoms with Crippen LogP contribution in [-0.4, -0.2) is 48.5 Å². The van der Waals surface area contributed by atoms with Gasteiger partial charge in [-0.25, -0.2) is 4.79 Å². The third-order valence-corrected chi connectivity index (χ3v) is 5.44. The zero-order valence-corrected chi connectivity index (χ0v) is 17.9. The van der Waals surface area contributed by atoms with E-state index in [1.807, 2.05) is 48.7 Å². The standard InChI is InChI=1S/C22H33NO3S/c1-5-6-7-8-12-15-20(24)23(2)22(16-17-27-4,21(25)26-3)18-19-13-10-9-11-14-19/h8-14H,5-7,15-18H2,1-4H3/b12-8+/t22-/m0/s1. The number of methoxy groups -OCH3 is 1. The van der Waals surface area contributed by atoms with Crippen molar-refractivity contribution in [3.8, 4) is 0 Å². The Morgan fingerprint density at radius 2 is 1.93 bits per heavy atom. The number of unbranched alkanes of at least 4 members (excludes halogenated alkanes) is 2. The maximum atomic E-state index is 12.9. The number of allylic oxidation sites excluding steroid dienone is 1. The van der Waals surface area contributed by atoms with Gasteiger partial charge in [0.15, 0.2) is 0 Å². The van der Waals surface area contributed by atoms with Gasteiger partial charge in [-0.15, -0.1) is 0 Å². The fraction of sp³-hybridized carbons (Fsp3) is 0.545. The summed E-state index contributed by atoms with van der Waals surface area (Å²) in [6.07, 6.45) is 10.5. The molecule has 150 valence electrons. The predicted octanol–water partition coefficient (Wildman–Crippen LogP) is 4.49. The Kier molecular flexibility index (Phi) is 10.9. The van der Waals surface area contributed by atoms with Gasteiger partial charge in [0.25, 0.3) is 0 Å². The minimum Gasteiger partial charge on any atom is -0.467 e. The van der Waals surface area contributed by atoms with Crippen molar-refractivity contribution in [3.05, 3.63) is 48.0 Å². The first-order valence-corrected chi connectivity index (χ1v) is 10.9. The van der Waals surface area contributed by atoms with Crippen LogP contribution >= 0.6 is 11.8 Å². The van der Waals surface area contributed by atoms with Crippen molar-refractivity contribution in [1.29, 1.82) is 0 Å². The first kappa shape index (κ1) is 23.3. The highest BCUT2D eigenvalue weighted by atomic mass is 32.2. The molecule has 0 saturated carbocycles. The summed E-state index contributed by atoms with van der Waals surface area (Å²) in [4.78, 5) is 27.3. The molecule has 1 amide bonds. The summed E-state index contributed by atoms with van der Waals surface area (Å²) >= 11 is 1.66. The van der Waals surface area contributed by atoms with Gasteiger partial charge in [-0.3, -0.25) is 4.79 Å². The van der Waals surface area contributed by atoms with Crippen LogP contribution in [0, 0.1) is 0 Å². The Balaban J connectivity index is 3.07. The van der Waals surface area contributed by atoms with Crippen LogP contribution in [0.2, 0.25) is 0 Å². The largest absolute Gasteiger partial charge is 0.467 e. The van der Waals surface area contributed by atoms with Crippen LogP contribution in [0.25, 0.3) is 0 Å². The van der Waals surface area contributed by atoms with E-state index in [4.69, 9.17) is 4.74 Å². The normalized spacial score (nSPS) is 13.3. The van der Waals surface area contributed by atoms with Crippen LogP contribution in [0.15, 0.2) is 42.5 Å². The van der Waals surface area contributed by atoms with Crippen molar-refractivity contribution < 1.29 is 14.3 Å². The molecule has 4 nitrogen and oxygen atoms in total. The summed E-state index contributed by atoms with van der Waals surface area (Å²) in [6, 6.07) is 9.81. The Morgan fingerprint density at radius 1 is 1.22 bits per heavy atom. The van der Waals surface area contributed by atoms with Gasteiger partial charge in [0.05, 0.1) is 7.11 Å². The lowest BCUT2D eigenvalue weighted by Crippen LogP contribution is -2.57. The molecular formula is C22H33NO3S. The molecule has 0 fully saturated rings. The molecule has 0 unspecified atom stereocenters. The van der Waals surface area contributed by atoms with Gasteiger partial charge >= 0.3 is 5.97 Å². The number of ether oxygens (including phenoxy) is 1. The minimum atomic E-state index is -0.993. The summed E-state index contributed by atoms with van der Waals surface area (Å²) in [6.45, 7) is 2.15. The SMILES string of the molecule is CCCC/C=C/CC(=O)N(C)[C@@](CCSC)(Cc1ccccc1)C(=O)OC. The number of carbonyl (C=O) groups excluding carboxylic acids is 2. The first-order valence-electron chi connectivity index (χ1n) is 9.54. The van der Waals surface area contributed by atoms with Gasteiger partial charge < -0.3 is 9.64 Å². The van der Waals surface area contributed by atoms with E-state index in [1.54, 1.807) is 23.7 Å². The van der Waals surface area contributed by atoms with Crippen molar-refractivity contribution in [2.45, 2.75) is 51.0 Å². The maximum absolute atomic E-state index is 12.9. The highest BCUT2D eigenvalue weighted by molar-refractivity contribution is 7.98. The summed E-state index contributed by atoms with van der Waals surface area (Å²) < 4.78 is 5.15. The lowest BCUT2D eigenvalue weighted by atomic mass is 9.86. The summed E-state index contributed by atoms with van der Waals surface area (Å²) in [5, 5.41) is 0. The van der Waals surface area contributed by atoms with Crippen molar-refractivity contribution in [1.82, 2.24) is 4.90 Å². The minimum absolute atomic E-state index is 0.0646. The molecule has 0 radical (unpaired) electrons. The topological polar surface area (TPSA) is 46.6 Å². The summed E-state index contributed by atoms with van der Waals surface area (Å²) in [5.41, 5.74) is 0.0233. The van der Waals surface area contributed by atoms with E-state index in [1.165, 1.54) is 7.11 Å². The number of thioether (sulfide) groups is 1. The van der Waals surface area contributed by atoms with Gasteiger partial charge in [0, 0.05) is 19.9 Å². The van der Waals surface area contributed by atoms with Gasteiger partial charge in [0.1, 0.15) is 5.54 Å². The van der Waals surface area contributed by atoms with Crippen LogP contribution in [0.1, 0.15) is 44.6 Å². The number of amides is 1. The van der Waals surface area contributed by atoms with Crippen LogP contribution in [-0.2, 0) is 20.7 Å². The third-order valence-electron chi connectivity index (χ3n) is 4.82. The number of carbonyl (C=O) groups is 2. The molecule has 1 aromatic rings. The van der Waals surface area contributed by atoms with Gasteiger partial charge in [-0.05, 0) is 30.4 Å². The van der Waals surface area contributed by atoms with Crippen molar-refractivity contribution >= 4 is 23.6 Å². The van der Waals surface area contributed by atoms with Crippen LogP contribution < -0.4 is 0 Å². The molecule has 0 saturated heterocycles. The van der Waals surface area contributed by atoms with Gasteiger partial charge in [-0.1, -0.05) is 62.2 Å². The third kappa shape index (κ3) is 7.06. The lowest BCUT2D eigenvalue weighted by Gasteiger charge is -2.39. The maximum Gasteiger partial charge on any atom is 0.332 e. The Labute approximate surface area is 168 Å². The zero-order chi connectivity index (χ0) is 20.1. The van der Waals surface area contributed by atoms with E-state index in [2.05, 4.69) is 6.92 Å².